The van der Waals surface area contributed by atoms with E-state index < -0.39 is 17.8 Å². The van der Waals surface area contributed by atoms with Crippen LogP contribution in [0.2, 0.25) is 0 Å². The van der Waals surface area contributed by atoms with Gasteiger partial charge < -0.3 is 9.15 Å². The van der Waals surface area contributed by atoms with Gasteiger partial charge >= 0.3 is 6.03 Å². The fraction of sp³-hybridized carbons (Fsp3) is 0.211. The third-order valence-electron chi connectivity index (χ3n) is 3.71. The number of hydrogen-bond donors (Lipinski definition) is 1. The number of urea groups is 1. The second-order valence-corrected chi connectivity index (χ2v) is 7.00. The molecule has 0 aliphatic carbocycles. The highest BCUT2D eigenvalue weighted by Gasteiger charge is 2.36. The Morgan fingerprint density at radius 3 is 2.67 bits per heavy atom. The molecular formula is C19H17BrN2O5. The van der Waals surface area contributed by atoms with Gasteiger partial charge in [0, 0.05) is 0 Å². The predicted molar refractivity (Wildman–Crippen MR) is 101 cm³/mol. The Kier molecular flexibility index (Phi) is 5.46. The van der Waals surface area contributed by atoms with E-state index >= 15 is 0 Å². The van der Waals surface area contributed by atoms with Crippen LogP contribution in [0.3, 0.4) is 0 Å². The third-order valence-corrected chi connectivity index (χ3v) is 4.33. The normalized spacial score (nSPS) is 16.2. The highest BCUT2D eigenvalue weighted by molar-refractivity contribution is 9.10. The van der Waals surface area contributed by atoms with Crippen molar-refractivity contribution in [2.45, 2.75) is 26.5 Å². The number of amides is 4. The third kappa shape index (κ3) is 4.28. The number of ether oxygens (including phenoxy) is 1. The number of carbonyl (C=O) groups is 3. The maximum absolute atomic E-state index is 12.7. The summed E-state index contributed by atoms with van der Waals surface area (Å²) in [7, 11) is 0. The SMILES string of the molecule is CC(C)Oc1ccc(/C=C2\C(=O)NC(=O)N(Cc3ccco3)C2=O)cc1Br. The predicted octanol–water partition coefficient (Wildman–Crippen LogP) is 3.49. The molecule has 0 spiro atoms. The van der Waals surface area contributed by atoms with Crippen LogP contribution in [-0.4, -0.2) is 28.8 Å². The van der Waals surface area contributed by atoms with Gasteiger partial charge in [-0.25, -0.2) is 4.79 Å². The maximum atomic E-state index is 12.7. The Bertz CT molecular complexity index is 918. The van der Waals surface area contributed by atoms with E-state index in [1.165, 1.54) is 12.3 Å². The smallest absolute Gasteiger partial charge is 0.331 e. The lowest BCUT2D eigenvalue weighted by Gasteiger charge is -2.25. The average Bonchev–Trinajstić information content (AvgIpc) is 3.10. The van der Waals surface area contributed by atoms with Crippen molar-refractivity contribution in [3.8, 4) is 5.75 Å². The molecule has 2 heterocycles. The van der Waals surface area contributed by atoms with Crippen molar-refractivity contribution in [3.05, 3.63) is 58.0 Å². The molecule has 1 aromatic heterocycles. The summed E-state index contributed by atoms with van der Waals surface area (Å²) in [5.41, 5.74) is 0.481. The molecule has 1 fully saturated rings. The van der Waals surface area contributed by atoms with Crippen molar-refractivity contribution in [2.75, 3.05) is 0 Å². The van der Waals surface area contributed by atoms with E-state index in [-0.39, 0.29) is 18.2 Å². The Hall–Kier alpha value is -2.87. The molecule has 1 aromatic carbocycles. The topological polar surface area (TPSA) is 88.8 Å². The summed E-state index contributed by atoms with van der Waals surface area (Å²) in [6, 6.07) is 7.72. The fourth-order valence-corrected chi connectivity index (χ4v) is 3.01. The summed E-state index contributed by atoms with van der Waals surface area (Å²) in [5, 5.41) is 2.18. The summed E-state index contributed by atoms with van der Waals surface area (Å²) in [6.07, 6.45) is 2.89. The highest BCUT2D eigenvalue weighted by Crippen LogP contribution is 2.28. The van der Waals surface area contributed by atoms with Crippen LogP contribution in [0.4, 0.5) is 4.79 Å². The number of hydrogen-bond acceptors (Lipinski definition) is 5. The molecule has 0 saturated carbocycles. The van der Waals surface area contributed by atoms with Crippen molar-refractivity contribution in [2.24, 2.45) is 0 Å². The number of nitrogens with one attached hydrogen (secondary N) is 1. The van der Waals surface area contributed by atoms with Crippen molar-refractivity contribution >= 4 is 39.9 Å². The molecular weight excluding hydrogens is 416 g/mol. The van der Waals surface area contributed by atoms with Gasteiger partial charge in [0.15, 0.2) is 0 Å². The van der Waals surface area contributed by atoms with Crippen LogP contribution in [0.25, 0.3) is 6.08 Å². The van der Waals surface area contributed by atoms with Gasteiger partial charge in [-0.15, -0.1) is 0 Å². The molecule has 1 aliphatic rings. The lowest BCUT2D eigenvalue weighted by molar-refractivity contribution is -0.130. The molecule has 0 radical (unpaired) electrons. The molecule has 3 rings (SSSR count). The van der Waals surface area contributed by atoms with Crippen molar-refractivity contribution in [3.63, 3.8) is 0 Å². The standard InChI is InChI=1S/C19H17BrN2O5/c1-11(2)27-16-6-5-12(9-15(16)20)8-14-17(23)21-19(25)22(18(14)24)10-13-4-3-7-26-13/h3-9,11H,10H2,1-2H3,(H,21,23,25)/b14-8+. The first-order valence-electron chi connectivity index (χ1n) is 8.22. The van der Waals surface area contributed by atoms with E-state index in [2.05, 4.69) is 21.2 Å². The Labute approximate surface area is 164 Å². The zero-order valence-corrected chi connectivity index (χ0v) is 16.3. The Morgan fingerprint density at radius 1 is 1.26 bits per heavy atom. The zero-order valence-electron chi connectivity index (χ0n) is 14.7. The molecule has 8 heteroatoms. The van der Waals surface area contributed by atoms with Gasteiger partial charge in [0.05, 0.1) is 23.4 Å². The van der Waals surface area contributed by atoms with Crippen LogP contribution in [0.15, 0.2) is 51.1 Å². The van der Waals surface area contributed by atoms with Crippen molar-refractivity contribution in [1.29, 1.82) is 0 Å². The van der Waals surface area contributed by atoms with Gasteiger partial charge in [0.2, 0.25) is 0 Å². The molecule has 1 saturated heterocycles. The number of carbonyl (C=O) groups excluding carboxylic acids is 3. The highest BCUT2D eigenvalue weighted by atomic mass is 79.9. The van der Waals surface area contributed by atoms with Gasteiger partial charge in [-0.05, 0) is 65.7 Å². The van der Waals surface area contributed by atoms with Crippen LogP contribution >= 0.6 is 15.9 Å². The second-order valence-electron chi connectivity index (χ2n) is 6.14. The first kappa shape index (κ1) is 18.9. The molecule has 7 nitrogen and oxygen atoms in total. The molecule has 0 atom stereocenters. The van der Waals surface area contributed by atoms with E-state index in [0.717, 1.165) is 4.90 Å². The zero-order chi connectivity index (χ0) is 19.6. The number of furan rings is 1. The first-order valence-corrected chi connectivity index (χ1v) is 9.02. The molecule has 2 aromatic rings. The second kappa shape index (κ2) is 7.79. The van der Waals surface area contributed by atoms with Gasteiger partial charge in [0.25, 0.3) is 11.8 Å². The summed E-state index contributed by atoms with van der Waals surface area (Å²) < 4.78 is 11.5. The lowest BCUT2D eigenvalue weighted by Crippen LogP contribution is -2.53. The van der Waals surface area contributed by atoms with E-state index in [1.54, 1.807) is 30.3 Å². The Morgan fingerprint density at radius 2 is 2.04 bits per heavy atom. The van der Waals surface area contributed by atoms with Crippen LogP contribution in [0.1, 0.15) is 25.2 Å². The van der Waals surface area contributed by atoms with E-state index in [0.29, 0.717) is 21.5 Å². The summed E-state index contributed by atoms with van der Waals surface area (Å²) >= 11 is 3.42. The fourth-order valence-electron chi connectivity index (χ4n) is 2.52. The van der Waals surface area contributed by atoms with Crippen LogP contribution in [0, 0.1) is 0 Å². The molecule has 1 N–H and O–H groups in total. The van der Waals surface area contributed by atoms with Crippen molar-refractivity contribution in [1.82, 2.24) is 10.2 Å². The van der Waals surface area contributed by atoms with E-state index in [1.807, 2.05) is 13.8 Å². The quantitative estimate of drug-likeness (QED) is 0.576. The average molecular weight is 433 g/mol. The molecule has 0 unspecified atom stereocenters. The minimum absolute atomic E-state index is 0.0115. The molecule has 4 amide bonds. The number of imide groups is 2. The van der Waals surface area contributed by atoms with Gasteiger partial charge in [-0.2, -0.15) is 0 Å². The lowest BCUT2D eigenvalue weighted by atomic mass is 10.1. The van der Waals surface area contributed by atoms with Crippen LogP contribution in [0.5, 0.6) is 5.75 Å². The number of halogens is 1. The molecule has 140 valence electrons. The maximum Gasteiger partial charge on any atom is 0.331 e. The minimum Gasteiger partial charge on any atom is -0.490 e. The largest absolute Gasteiger partial charge is 0.490 e. The van der Waals surface area contributed by atoms with Gasteiger partial charge in [0.1, 0.15) is 17.1 Å². The number of nitrogens with zero attached hydrogens (tertiary/aromatic N) is 1. The van der Waals surface area contributed by atoms with Crippen molar-refractivity contribution < 1.29 is 23.5 Å². The Balaban J connectivity index is 1.87. The summed E-state index contributed by atoms with van der Waals surface area (Å²) in [5.74, 6) is -0.329. The molecule has 27 heavy (non-hydrogen) atoms. The monoisotopic (exact) mass is 432 g/mol. The number of benzene rings is 1. The number of rotatable bonds is 5. The van der Waals surface area contributed by atoms with E-state index in [9.17, 15) is 14.4 Å². The number of barbiturate groups is 1. The van der Waals surface area contributed by atoms with Gasteiger partial charge in [-0.3, -0.25) is 19.8 Å². The van der Waals surface area contributed by atoms with Crippen LogP contribution < -0.4 is 10.1 Å². The van der Waals surface area contributed by atoms with Crippen LogP contribution in [-0.2, 0) is 16.1 Å². The first-order chi connectivity index (χ1) is 12.8. The van der Waals surface area contributed by atoms with Gasteiger partial charge in [-0.1, -0.05) is 6.07 Å². The van der Waals surface area contributed by atoms with E-state index in [4.69, 9.17) is 9.15 Å². The molecule has 0 bridgehead atoms. The summed E-state index contributed by atoms with van der Waals surface area (Å²) in [4.78, 5) is 37.8. The minimum atomic E-state index is -0.777. The summed E-state index contributed by atoms with van der Waals surface area (Å²) in [6.45, 7) is 3.77. The molecule has 1 aliphatic heterocycles.